The number of nitrogens with one attached hydrogen (secondary N) is 3. The maximum Gasteiger partial charge on any atom is 0.290 e. The number of H-pyrrole nitrogens is 1. The van der Waals surface area contributed by atoms with Gasteiger partial charge in [-0.05, 0) is 24.1 Å². The van der Waals surface area contributed by atoms with Crippen molar-refractivity contribution in [2.75, 3.05) is 10.6 Å². The van der Waals surface area contributed by atoms with Gasteiger partial charge in [0.2, 0.25) is 0 Å². The molecule has 1 aromatic heterocycles. The van der Waals surface area contributed by atoms with E-state index in [1.165, 1.54) is 25.2 Å². The number of hydrogen-bond acceptors (Lipinski definition) is 6. The fourth-order valence-electron chi connectivity index (χ4n) is 3.16. The van der Waals surface area contributed by atoms with E-state index in [4.69, 9.17) is 5.73 Å². The van der Waals surface area contributed by atoms with Crippen molar-refractivity contribution in [2.24, 2.45) is 12.8 Å². The number of nitrogens with zero attached hydrogens (tertiary/aromatic N) is 1. The number of phenols is 1. The normalized spacial score (nSPS) is 11.7. The molecule has 6 N–H and O–H groups in total. The molecule has 0 aliphatic rings. The van der Waals surface area contributed by atoms with Crippen LogP contribution in [0.25, 0.3) is 0 Å². The molecule has 0 aliphatic heterocycles. The zero-order chi connectivity index (χ0) is 21.8. The van der Waals surface area contributed by atoms with E-state index in [1.807, 2.05) is 37.3 Å². The highest BCUT2D eigenvalue weighted by Crippen LogP contribution is 2.31. The van der Waals surface area contributed by atoms with Gasteiger partial charge in [0.25, 0.3) is 17.0 Å². The van der Waals surface area contributed by atoms with Gasteiger partial charge in [0.15, 0.2) is 5.75 Å². The number of amides is 1. The highest BCUT2D eigenvalue weighted by molar-refractivity contribution is 5.98. The summed E-state index contributed by atoms with van der Waals surface area (Å²) in [6.45, 7) is 1.95. The second kappa shape index (κ2) is 8.56. The summed E-state index contributed by atoms with van der Waals surface area (Å²) in [5, 5.41) is 18.8. The average molecular weight is 409 g/mol. The maximum absolute atomic E-state index is 12.8. The molecular weight excluding hydrogens is 386 g/mol. The predicted molar refractivity (Wildman–Crippen MR) is 115 cm³/mol. The SMILES string of the molecule is CC[C@@H](Nc1c(Nc2cccc(C(N)=O)c2O)c(=O)n(C)[nH]c1=O)c1ccccc1. The van der Waals surface area contributed by atoms with Gasteiger partial charge < -0.3 is 21.5 Å². The molecule has 1 atom stereocenters. The predicted octanol–water partition coefficient (Wildman–Crippen LogP) is 2.18. The molecule has 0 saturated carbocycles. The summed E-state index contributed by atoms with van der Waals surface area (Å²) < 4.78 is 1.04. The van der Waals surface area contributed by atoms with Crippen molar-refractivity contribution < 1.29 is 9.90 Å². The first kappa shape index (κ1) is 20.7. The maximum atomic E-state index is 12.8. The van der Waals surface area contributed by atoms with Crippen molar-refractivity contribution in [2.45, 2.75) is 19.4 Å². The summed E-state index contributed by atoms with van der Waals surface area (Å²) in [5.74, 6) is -1.23. The molecule has 0 saturated heterocycles. The van der Waals surface area contributed by atoms with E-state index in [-0.39, 0.29) is 28.7 Å². The number of primary amides is 1. The summed E-state index contributed by atoms with van der Waals surface area (Å²) in [5.41, 5.74) is 5.12. The van der Waals surface area contributed by atoms with Gasteiger partial charge in [0.05, 0.1) is 17.3 Å². The number of anilines is 3. The second-order valence-corrected chi connectivity index (χ2v) is 6.76. The minimum atomic E-state index is -0.816. The van der Waals surface area contributed by atoms with Gasteiger partial charge in [-0.3, -0.25) is 24.2 Å². The Morgan fingerprint density at radius 3 is 2.47 bits per heavy atom. The lowest BCUT2D eigenvalue weighted by molar-refractivity contribution is 0.0998. The van der Waals surface area contributed by atoms with Crippen LogP contribution in [0.5, 0.6) is 5.75 Å². The van der Waals surface area contributed by atoms with Crippen molar-refractivity contribution in [1.29, 1.82) is 0 Å². The number of hydrogen-bond donors (Lipinski definition) is 5. The third-order valence-corrected chi connectivity index (χ3v) is 4.75. The van der Waals surface area contributed by atoms with E-state index in [2.05, 4.69) is 15.7 Å². The molecule has 0 radical (unpaired) electrons. The third kappa shape index (κ3) is 4.04. The van der Waals surface area contributed by atoms with Crippen LogP contribution in [0.2, 0.25) is 0 Å². The highest BCUT2D eigenvalue weighted by Gasteiger charge is 2.20. The standard InChI is InChI=1S/C21H23N5O4/c1-3-14(12-8-5-4-6-9-12)23-16-17(21(30)26(2)25-20(16)29)24-15-11-7-10-13(18(15)27)19(22)28/h4-11,14,23-24,27H,3H2,1-2H3,(H2,22,28)(H,25,29)/t14-/m1/s1. The fourth-order valence-corrected chi connectivity index (χ4v) is 3.16. The number of nitrogens with two attached hydrogens (primary N) is 1. The number of rotatable bonds is 7. The Kier molecular flexibility index (Phi) is 5.91. The van der Waals surface area contributed by atoms with Crippen molar-refractivity contribution in [3.05, 3.63) is 80.4 Å². The molecule has 1 amide bonds. The Hall–Kier alpha value is -4.01. The first-order valence-corrected chi connectivity index (χ1v) is 9.37. The van der Waals surface area contributed by atoms with Crippen LogP contribution in [0, 0.1) is 0 Å². The molecule has 0 aliphatic carbocycles. The molecule has 3 aromatic rings. The number of para-hydroxylation sites is 1. The number of aromatic nitrogens is 2. The summed E-state index contributed by atoms with van der Waals surface area (Å²) >= 11 is 0. The molecule has 3 rings (SSSR count). The Morgan fingerprint density at radius 2 is 1.83 bits per heavy atom. The monoisotopic (exact) mass is 409 g/mol. The average Bonchev–Trinajstić information content (AvgIpc) is 2.73. The Labute approximate surface area is 172 Å². The van der Waals surface area contributed by atoms with Crippen LogP contribution < -0.4 is 27.5 Å². The quantitative estimate of drug-likeness (QED) is 0.379. The van der Waals surface area contributed by atoms with E-state index in [9.17, 15) is 19.5 Å². The number of carbonyl (C=O) groups excluding carboxylic acids is 1. The van der Waals surface area contributed by atoms with Crippen molar-refractivity contribution >= 4 is 23.0 Å². The second-order valence-electron chi connectivity index (χ2n) is 6.76. The van der Waals surface area contributed by atoms with Gasteiger partial charge in [-0.2, -0.15) is 0 Å². The van der Waals surface area contributed by atoms with E-state index in [0.29, 0.717) is 6.42 Å². The minimum Gasteiger partial charge on any atom is -0.505 e. The van der Waals surface area contributed by atoms with E-state index < -0.39 is 22.8 Å². The molecule has 30 heavy (non-hydrogen) atoms. The van der Waals surface area contributed by atoms with E-state index in [1.54, 1.807) is 0 Å². The van der Waals surface area contributed by atoms with Crippen molar-refractivity contribution in [3.8, 4) is 5.75 Å². The lowest BCUT2D eigenvalue weighted by atomic mass is 10.0. The van der Waals surface area contributed by atoms with Gasteiger partial charge in [-0.1, -0.05) is 43.3 Å². The van der Waals surface area contributed by atoms with E-state index >= 15 is 0 Å². The molecular formula is C21H23N5O4. The first-order valence-electron chi connectivity index (χ1n) is 9.37. The third-order valence-electron chi connectivity index (χ3n) is 4.75. The Morgan fingerprint density at radius 1 is 1.13 bits per heavy atom. The molecule has 1 heterocycles. The van der Waals surface area contributed by atoms with Crippen LogP contribution in [0.1, 0.15) is 35.3 Å². The minimum absolute atomic E-state index is 0.0256. The molecule has 0 unspecified atom stereocenters. The molecule has 156 valence electrons. The Balaban J connectivity index is 2.09. The van der Waals surface area contributed by atoms with Crippen LogP contribution in [0.15, 0.2) is 58.1 Å². The number of carbonyl (C=O) groups is 1. The van der Waals surface area contributed by atoms with Crippen LogP contribution in [-0.4, -0.2) is 20.8 Å². The summed E-state index contributed by atoms with van der Waals surface area (Å²) in [6.07, 6.45) is 0.653. The number of aromatic amines is 1. The van der Waals surface area contributed by atoms with Gasteiger partial charge in [0, 0.05) is 7.05 Å². The van der Waals surface area contributed by atoms with Gasteiger partial charge >= 0.3 is 0 Å². The van der Waals surface area contributed by atoms with Crippen LogP contribution >= 0.6 is 0 Å². The zero-order valence-electron chi connectivity index (χ0n) is 16.6. The molecule has 2 aromatic carbocycles. The largest absolute Gasteiger partial charge is 0.505 e. The van der Waals surface area contributed by atoms with Crippen molar-refractivity contribution in [3.63, 3.8) is 0 Å². The fraction of sp³-hybridized carbons (Fsp3) is 0.190. The summed E-state index contributed by atoms with van der Waals surface area (Å²) in [4.78, 5) is 37.0. The van der Waals surface area contributed by atoms with E-state index in [0.717, 1.165) is 10.2 Å². The van der Waals surface area contributed by atoms with Crippen LogP contribution in [0.4, 0.5) is 17.1 Å². The Bertz CT molecular complexity index is 1180. The van der Waals surface area contributed by atoms with Gasteiger partial charge in [-0.15, -0.1) is 0 Å². The number of benzene rings is 2. The number of aryl methyl sites for hydroxylation is 1. The van der Waals surface area contributed by atoms with Crippen molar-refractivity contribution in [1.82, 2.24) is 9.78 Å². The first-order chi connectivity index (χ1) is 14.3. The summed E-state index contributed by atoms with van der Waals surface area (Å²) in [6, 6.07) is 13.6. The molecule has 0 bridgehead atoms. The zero-order valence-corrected chi connectivity index (χ0v) is 16.6. The lowest BCUT2D eigenvalue weighted by Crippen LogP contribution is -2.32. The topological polar surface area (TPSA) is 142 Å². The van der Waals surface area contributed by atoms with Gasteiger partial charge in [0.1, 0.15) is 11.4 Å². The smallest absolute Gasteiger partial charge is 0.290 e. The van der Waals surface area contributed by atoms with Crippen LogP contribution in [-0.2, 0) is 7.05 Å². The molecule has 9 heteroatoms. The lowest BCUT2D eigenvalue weighted by Gasteiger charge is -2.21. The molecule has 9 nitrogen and oxygen atoms in total. The van der Waals surface area contributed by atoms with Crippen LogP contribution in [0.3, 0.4) is 0 Å². The number of aromatic hydroxyl groups is 1. The summed E-state index contributed by atoms with van der Waals surface area (Å²) in [7, 11) is 1.41. The van der Waals surface area contributed by atoms with Gasteiger partial charge in [-0.25, -0.2) is 0 Å². The highest BCUT2D eigenvalue weighted by atomic mass is 16.3. The molecule has 0 fully saturated rings. The molecule has 0 spiro atoms.